The molecule has 134 valence electrons. The Hall–Kier alpha value is -2.46. The van der Waals surface area contributed by atoms with Crippen molar-refractivity contribution in [2.24, 2.45) is 5.92 Å². The molecule has 0 spiro atoms. The van der Waals surface area contributed by atoms with Gasteiger partial charge in [-0.15, -0.1) is 0 Å². The quantitative estimate of drug-likeness (QED) is 0.665. The van der Waals surface area contributed by atoms with Crippen molar-refractivity contribution in [2.75, 3.05) is 23.7 Å². The van der Waals surface area contributed by atoms with Crippen molar-refractivity contribution in [1.82, 2.24) is 4.31 Å². The lowest BCUT2D eigenvalue weighted by atomic mass is 10.0. The van der Waals surface area contributed by atoms with Crippen LogP contribution < -0.4 is 10.6 Å². The van der Waals surface area contributed by atoms with Gasteiger partial charge in [0.1, 0.15) is 6.42 Å². The molecule has 2 amide bonds. The minimum Gasteiger partial charge on any atom is -0.481 e. The number of fused-ring (bicyclic) bond motifs is 1. The van der Waals surface area contributed by atoms with E-state index in [2.05, 4.69) is 10.6 Å². The molecule has 1 fully saturated rings. The Labute approximate surface area is 144 Å². The number of carboxylic acids is 1. The molecular weight excluding hydrogens is 350 g/mol. The summed E-state index contributed by atoms with van der Waals surface area (Å²) < 4.78 is 26.8. The average molecular weight is 367 g/mol. The number of hydrogen-bond donors (Lipinski definition) is 3. The minimum absolute atomic E-state index is 0.0614. The van der Waals surface area contributed by atoms with Crippen LogP contribution in [0.15, 0.2) is 23.1 Å². The number of sulfonamides is 1. The van der Waals surface area contributed by atoms with Gasteiger partial charge in [-0.2, -0.15) is 4.31 Å². The van der Waals surface area contributed by atoms with Crippen molar-refractivity contribution in [2.45, 2.75) is 24.2 Å². The number of carboxylic acid groups (broad SMARTS) is 1. The summed E-state index contributed by atoms with van der Waals surface area (Å²) >= 11 is 0. The molecule has 2 aliphatic heterocycles. The van der Waals surface area contributed by atoms with Gasteiger partial charge in [0.25, 0.3) is 0 Å². The largest absolute Gasteiger partial charge is 0.481 e. The first-order valence-electron chi connectivity index (χ1n) is 7.74. The smallest absolute Gasteiger partial charge is 0.307 e. The predicted octanol–water partition coefficient (Wildman–Crippen LogP) is 0.453. The molecule has 0 bridgehead atoms. The highest BCUT2D eigenvalue weighted by atomic mass is 32.2. The third-order valence-electron chi connectivity index (χ3n) is 4.23. The van der Waals surface area contributed by atoms with E-state index in [4.69, 9.17) is 5.11 Å². The van der Waals surface area contributed by atoms with Crippen molar-refractivity contribution < 1.29 is 27.9 Å². The lowest BCUT2D eigenvalue weighted by Crippen LogP contribution is -2.42. The molecule has 0 aromatic heterocycles. The van der Waals surface area contributed by atoms with Crippen LogP contribution in [0.25, 0.3) is 0 Å². The molecule has 2 aliphatic rings. The third-order valence-corrected chi connectivity index (χ3v) is 6.09. The fourth-order valence-corrected chi connectivity index (χ4v) is 4.49. The molecule has 0 saturated carbocycles. The maximum atomic E-state index is 12.8. The SMILES string of the molecule is O=C1CC(=O)Nc2cc(S(=O)(=O)N3CCC[C@@H](C(=O)O)C3)ccc2N1. The number of hydrogen-bond acceptors (Lipinski definition) is 5. The van der Waals surface area contributed by atoms with Crippen LogP contribution in [0.2, 0.25) is 0 Å². The molecule has 10 heteroatoms. The van der Waals surface area contributed by atoms with Gasteiger partial charge in [-0.1, -0.05) is 0 Å². The summed E-state index contributed by atoms with van der Waals surface area (Å²) in [4.78, 5) is 34.3. The zero-order valence-corrected chi connectivity index (χ0v) is 14.0. The number of carbonyl (C=O) groups is 3. The van der Waals surface area contributed by atoms with E-state index in [1.165, 1.54) is 18.2 Å². The number of anilines is 2. The lowest BCUT2D eigenvalue weighted by molar-refractivity contribution is -0.142. The minimum atomic E-state index is -3.90. The van der Waals surface area contributed by atoms with Crippen LogP contribution in [0.1, 0.15) is 19.3 Å². The summed E-state index contributed by atoms with van der Waals surface area (Å²) in [6.07, 6.45) is 0.560. The normalized spacial score (nSPS) is 21.7. The number of nitrogens with zero attached hydrogens (tertiary/aromatic N) is 1. The monoisotopic (exact) mass is 367 g/mol. The zero-order valence-electron chi connectivity index (χ0n) is 13.2. The van der Waals surface area contributed by atoms with Crippen LogP contribution in [0, 0.1) is 5.92 Å². The molecular formula is C15H17N3O6S. The molecule has 25 heavy (non-hydrogen) atoms. The Kier molecular flexibility index (Phi) is 4.48. The Morgan fingerprint density at radius 2 is 1.84 bits per heavy atom. The lowest BCUT2D eigenvalue weighted by Gasteiger charge is -2.30. The molecule has 3 N–H and O–H groups in total. The van der Waals surface area contributed by atoms with E-state index in [1.54, 1.807) is 0 Å². The Morgan fingerprint density at radius 1 is 1.16 bits per heavy atom. The van der Waals surface area contributed by atoms with Gasteiger partial charge >= 0.3 is 5.97 Å². The zero-order chi connectivity index (χ0) is 18.2. The summed E-state index contributed by atoms with van der Waals surface area (Å²) in [6, 6.07) is 4.01. The molecule has 0 aliphatic carbocycles. The number of aliphatic carboxylic acids is 1. The molecule has 9 nitrogen and oxygen atoms in total. The number of nitrogens with one attached hydrogen (secondary N) is 2. The van der Waals surface area contributed by atoms with Crippen molar-refractivity contribution in [3.05, 3.63) is 18.2 Å². The third kappa shape index (κ3) is 3.49. The molecule has 2 heterocycles. The highest BCUT2D eigenvalue weighted by molar-refractivity contribution is 7.89. The van der Waals surface area contributed by atoms with Crippen molar-refractivity contribution in [3.8, 4) is 0 Å². The molecule has 0 radical (unpaired) electrons. The van der Waals surface area contributed by atoms with E-state index < -0.39 is 33.7 Å². The number of rotatable bonds is 3. The molecule has 3 rings (SSSR count). The summed E-state index contributed by atoms with van der Waals surface area (Å²) in [7, 11) is -3.90. The van der Waals surface area contributed by atoms with Gasteiger partial charge in [-0.05, 0) is 31.0 Å². The van der Waals surface area contributed by atoms with E-state index in [9.17, 15) is 22.8 Å². The number of carbonyl (C=O) groups excluding carboxylic acids is 2. The second-order valence-electron chi connectivity index (χ2n) is 6.02. The number of amides is 2. The molecule has 1 saturated heterocycles. The Balaban J connectivity index is 1.92. The van der Waals surface area contributed by atoms with Gasteiger partial charge in [0.2, 0.25) is 21.8 Å². The standard InChI is InChI=1S/C15H17N3O6S/c19-13-7-14(20)17-12-6-10(3-4-11(12)16-13)25(23,24)18-5-1-2-9(8-18)15(21)22/h3-4,6,9H,1-2,5,7-8H2,(H,16,19)(H,17,20)(H,21,22)/t9-/m1/s1. The van der Waals surface area contributed by atoms with Gasteiger partial charge in [0.15, 0.2) is 0 Å². The molecule has 1 aromatic carbocycles. The number of benzene rings is 1. The van der Waals surface area contributed by atoms with Crippen LogP contribution in [0.4, 0.5) is 11.4 Å². The van der Waals surface area contributed by atoms with Crippen LogP contribution in [0.3, 0.4) is 0 Å². The summed E-state index contributed by atoms with van der Waals surface area (Å²) in [5, 5.41) is 14.1. The first-order valence-corrected chi connectivity index (χ1v) is 9.18. The maximum absolute atomic E-state index is 12.8. The van der Waals surface area contributed by atoms with Crippen LogP contribution in [-0.2, 0) is 24.4 Å². The fourth-order valence-electron chi connectivity index (χ4n) is 2.94. The van der Waals surface area contributed by atoms with E-state index in [0.29, 0.717) is 18.5 Å². The van der Waals surface area contributed by atoms with Gasteiger partial charge in [0.05, 0.1) is 22.2 Å². The average Bonchev–Trinajstić information content (AvgIpc) is 2.70. The first kappa shape index (κ1) is 17.4. The fraction of sp³-hybridized carbons (Fsp3) is 0.400. The predicted molar refractivity (Wildman–Crippen MR) is 87.4 cm³/mol. The van der Waals surface area contributed by atoms with Crippen LogP contribution in [-0.4, -0.2) is 48.7 Å². The van der Waals surface area contributed by atoms with Crippen LogP contribution >= 0.6 is 0 Å². The van der Waals surface area contributed by atoms with Crippen molar-refractivity contribution in [3.63, 3.8) is 0 Å². The Bertz CT molecular complexity index is 851. The van der Waals surface area contributed by atoms with Crippen molar-refractivity contribution in [1.29, 1.82) is 0 Å². The second-order valence-corrected chi connectivity index (χ2v) is 7.96. The van der Waals surface area contributed by atoms with E-state index in [1.807, 2.05) is 0 Å². The second kappa shape index (κ2) is 6.45. The van der Waals surface area contributed by atoms with Crippen molar-refractivity contribution >= 4 is 39.2 Å². The highest BCUT2D eigenvalue weighted by Gasteiger charge is 2.33. The molecule has 0 unspecified atom stereocenters. The van der Waals surface area contributed by atoms with E-state index in [0.717, 1.165) is 4.31 Å². The summed E-state index contributed by atoms with van der Waals surface area (Å²) in [5.74, 6) is -2.76. The summed E-state index contributed by atoms with van der Waals surface area (Å²) in [6.45, 7) is 0.157. The Morgan fingerprint density at radius 3 is 2.52 bits per heavy atom. The van der Waals surface area contributed by atoms with Gasteiger partial charge in [-0.25, -0.2) is 8.42 Å². The van der Waals surface area contributed by atoms with E-state index in [-0.39, 0.29) is 30.1 Å². The molecule has 1 aromatic rings. The first-order chi connectivity index (χ1) is 11.8. The van der Waals surface area contributed by atoms with Gasteiger partial charge in [-0.3, -0.25) is 14.4 Å². The number of piperidine rings is 1. The highest BCUT2D eigenvalue weighted by Crippen LogP contribution is 2.30. The maximum Gasteiger partial charge on any atom is 0.307 e. The van der Waals surface area contributed by atoms with Gasteiger partial charge in [0, 0.05) is 13.1 Å². The summed E-state index contributed by atoms with van der Waals surface area (Å²) in [5.41, 5.74) is 0.514. The topological polar surface area (TPSA) is 133 Å². The molecule has 1 atom stereocenters. The van der Waals surface area contributed by atoms with Gasteiger partial charge < -0.3 is 15.7 Å². The van der Waals surface area contributed by atoms with Crippen LogP contribution in [0.5, 0.6) is 0 Å². The van der Waals surface area contributed by atoms with E-state index >= 15 is 0 Å².